The number of nitrogens with one attached hydrogen (secondary N) is 1. The fourth-order valence-corrected chi connectivity index (χ4v) is 5.53. The van der Waals surface area contributed by atoms with Gasteiger partial charge in [-0.15, -0.1) is 11.3 Å². The summed E-state index contributed by atoms with van der Waals surface area (Å²) in [4.78, 5) is 24.4. The standard InChI is InChI=1S/C15H22N2O5S2/c1-10-6-7-12(23-10)24(21,22)17-8-4-5-11(17)13(18)16-9-15(2,3)14(19)20/h6-7,11H,4-5,8-9H2,1-3H3,(H,16,18)(H,19,20). The van der Waals surface area contributed by atoms with Gasteiger partial charge in [0.1, 0.15) is 10.3 Å². The third-order valence-electron chi connectivity index (χ3n) is 4.07. The second kappa shape index (κ2) is 6.81. The van der Waals surface area contributed by atoms with Crippen molar-refractivity contribution in [1.82, 2.24) is 9.62 Å². The molecule has 0 radical (unpaired) electrons. The second-order valence-corrected chi connectivity index (χ2v) is 9.95. The molecule has 2 N–H and O–H groups in total. The van der Waals surface area contributed by atoms with Crippen LogP contribution in [0.15, 0.2) is 16.3 Å². The highest BCUT2D eigenvalue weighted by Crippen LogP contribution is 2.30. The van der Waals surface area contributed by atoms with Gasteiger partial charge in [-0.3, -0.25) is 9.59 Å². The largest absolute Gasteiger partial charge is 0.481 e. The van der Waals surface area contributed by atoms with Crippen LogP contribution in [-0.2, 0) is 19.6 Å². The van der Waals surface area contributed by atoms with Gasteiger partial charge in [0.25, 0.3) is 10.0 Å². The molecule has 24 heavy (non-hydrogen) atoms. The maximum atomic E-state index is 12.7. The average molecular weight is 374 g/mol. The molecule has 0 aromatic carbocycles. The van der Waals surface area contributed by atoms with Crippen LogP contribution < -0.4 is 5.32 Å². The van der Waals surface area contributed by atoms with E-state index in [1.807, 2.05) is 6.92 Å². The number of carbonyl (C=O) groups excluding carboxylic acids is 1. The highest BCUT2D eigenvalue weighted by Gasteiger charge is 2.40. The number of thiophene rings is 1. The van der Waals surface area contributed by atoms with E-state index in [2.05, 4.69) is 5.32 Å². The van der Waals surface area contributed by atoms with Crippen molar-refractivity contribution in [3.05, 3.63) is 17.0 Å². The molecule has 1 amide bonds. The number of amides is 1. The van der Waals surface area contributed by atoms with Crippen molar-refractivity contribution in [2.45, 2.75) is 43.9 Å². The summed E-state index contributed by atoms with van der Waals surface area (Å²) in [6.45, 7) is 5.08. The Balaban J connectivity index is 2.13. The molecular formula is C15H22N2O5S2. The Hall–Kier alpha value is -1.45. The number of rotatable bonds is 6. The van der Waals surface area contributed by atoms with Crippen LogP contribution in [0.5, 0.6) is 0 Å². The van der Waals surface area contributed by atoms with E-state index >= 15 is 0 Å². The highest BCUT2D eigenvalue weighted by molar-refractivity contribution is 7.91. The van der Waals surface area contributed by atoms with Crippen LogP contribution in [0.4, 0.5) is 0 Å². The lowest BCUT2D eigenvalue weighted by Gasteiger charge is -2.25. The molecule has 1 aromatic heterocycles. The molecule has 9 heteroatoms. The number of carboxylic acids is 1. The summed E-state index contributed by atoms with van der Waals surface area (Å²) in [7, 11) is -3.71. The molecule has 0 bridgehead atoms. The van der Waals surface area contributed by atoms with Crippen LogP contribution in [0.25, 0.3) is 0 Å². The third kappa shape index (κ3) is 3.79. The van der Waals surface area contributed by atoms with E-state index in [1.165, 1.54) is 29.5 Å². The van der Waals surface area contributed by atoms with Crippen LogP contribution in [0.1, 0.15) is 31.6 Å². The lowest BCUT2D eigenvalue weighted by Crippen LogP contribution is -2.48. The molecule has 1 fully saturated rings. The number of aliphatic carboxylic acids is 1. The maximum absolute atomic E-state index is 12.7. The highest BCUT2D eigenvalue weighted by atomic mass is 32.2. The van der Waals surface area contributed by atoms with E-state index in [0.29, 0.717) is 19.4 Å². The van der Waals surface area contributed by atoms with Gasteiger partial charge in [-0.05, 0) is 45.7 Å². The number of hydrogen-bond donors (Lipinski definition) is 2. The Kier molecular flexibility index (Phi) is 5.36. The molecule has 2 rings (SSSR count). The minimum atomic E-state index is -3.71. The van der Waals surface area contributed by atoms with E-state index in [0.717, 1.165) is 4.88 Å². The minimum Gasteiger partial charge on any atom is -0.481 e. The molecule has 0 spiro atoms. The molecular weight excluding hydrogens is 352 g/mol. The fraction of sp³-hybridized carbons (Fsp3) is 0.600. The van der Waals surface area contributed by atoms with Crippen molar-refractivity contribution in [3.63, 3.8) is 0 Å². The van der Waals surface area contributed by atoms with Crippen molar-refractivity contribution < 1.29 is 23.1 Å². The number of carboxylic acid groups (broad SMARTS) is 1. The predicted molar refractivity (Wildman–Crippen MR) is 90.4 cm³/mol. The topological polar surface area (TPSA) is 104 Å². The third-order valence-corrected chi connectivity index (χ3v) is 7.44. The summed E-state index contributed by atoms with van der Waals surface area (Å²) < 4.78 is 26.9. The van der Waals surface area contributed by atoms with E-state index < -0.39 is 33.4 Å². The number of carbonyl (C=O) groups is 2. The van der Waals surface area contributed by atoms with Gasteiger partial charge in [0.15, 0.2) is 0 Å². The zero-order chi connectivity index (χ0) is 18.1. The maximum Gasteiger partial charge on any atom is 0.310 e. The summed E-state index contributed by atoms with van der Waals surface area (Å²) in [6.07, 6.45) is 1.03. The van der Waals surface area contributed by atoms with Gasteiger partial charge < -0.3 is 10.4 Å². The van der Waals surface area contributed by atoms with Crippen molar-refractivity contribution in [3.8, 4) is 0 Å². The van der Waals surface area contributed by atoms with Gasteiger partial charge in [-0.2, -0.15) is 4.31 Å². The Morgan fingerprint density at radius 3 is 2.62 bits per heavy atom. The van der Waals surface area contributed by atoms with Crippen molar-refractivity contribution in [2.24, 2.45) is 5.41 Å². The van der Waals surface area contributed by atoms with E-state index in [1.54, 1.807) is 12.1 Å². The van der Waals surface area contributed by atoms with Crippen molar-refractivity contribution in [2.75, 3.05) is 13.1 Å². The Morgan fingerprint density at radius 2 is 2.08 bits per heavy atom. The number of hydrogen-bond acceptors (Lipinski definition) is 5. The lowest BCUT2D eigenvalue weighted by atomic mass is 9.94. The van der Waals surface area contributed by atoms with Crippen LogP contribution >= 0.6 is 11.3 Å². The van der Waals surface area contributed by atoms with Gasteiger partial charge in [-0.25, -0.2) is 8.42 Å². The SMILES string of the molecule is Cc1ccc(S(=O)(=O)N2CCCC2C(=O)NCC(C)(C)C(=O)O)s1. The summed E-state index contributed by atoms with van der Waals surface area (Å²) >= 11 is 1.18. The van der Waals surface area contributed by atoms with E-state index in [9.17, 15) is 18.0 Å². The van der Waals surface area contributed by atoms with E-state index in [-0.39, 0.29) is 10.8 Å². The summed E-state index contributed by atoms with van der Waals surface area (Å²) in [5, 5.41) is 11.7. The number of nitrogens with zero attached hydrogens (tertiary/aromatic N) is 1. The van der Waals surface area contributed by atoms with Crippen LogP contribution in [0.2, 0.25) is 0 Å². The smallest absolute Gasteiger partial charge is 0.310 e. The molecule has 1 aromatic rings. The second-order valence-electron chi connectivity index (χ2n) is 6.55. The first kappa shape index (κ1) is 18.9. The van der Waals surface area contributed by atoms with Crippen LogP contribution in [-0.4, -0.2) is 48.8 Å². The Bertz CT molecular complexity index is 739. The first-order valence-electron chi connectivity index (χ1n) is 7.65. The number of sulfonamides is 1. The monoisotopic (exact) mass is 374 g/mol. The average Bonchev–Trinajstić information content (AvgIpc) is 3.13. The quantitative estimate of drug-likeness (QED) is 0.784. The van der Waals surface area contributed by atoms with Crippen molar-refractivity contribution in [1.29, 1.82) is 0 Å². The molecule has 1 atom stereocenters. The first-order valence-corrected chi connectivity index (χ1v) is 9.91. The predicted octanol–water partition coefficient (Wildman–Crippen LogP) is 1.44. The Morgan fingerprint density at radius 1 is 1.42 bits per heavy atom. The molecule has 0 aliphatic carbocycles. The van der Waals surface area contributed by atoms with Crippen LogP contribution in [0.3, 0.4) is 0 Å². The molecule has 134 valence electrons. The lowest BCUT2D eigenvalue weighted by molar-refractivity contribution is -0.146. The zero-order valence-corrected chi connectivity index (χ0v) is 15.5. The molecule has 2 heterocycles. The zero-order valence-electron chi connectivity index (χ0n) is 13.9. The summed E-state index contributed by atoms with van der Waals surface area (Å²) in [5.41, 5.74) is -1.11. The molecule has 7 nitrogen and oxygen atoms in total. The molecule has 1 aliphatic rings. The Labute approximate surface area is 145 Å². The van der Waals surface area contributed by atoms with Gasteiger partial charge in [-0.1, -0.05) is 0 Å². The molecule has 1 aliphatic heterocycles. The molecule has 1 saturated heterocycles. The van der Waals surface area contributed by atoms with Crippen LogP contribution in [0, 0.1) is 12.3 Å². The van der Waals surface area contributed by atoms with E-state index in [4.69, 9.17) is 5.11 Å². The molecule has 0 saturated carbocycles. The first-order chi connectivity index (χ1) is 11.1. The van der Waals surface area contributed by atoms with Gasteiger partial charge in [0.05, 0.1) is 5.41 Å². The van der Waals surface area contributed by atoms with Gasteiger partial charge in [0.2, 0.25) is 5.91 Å². The fourth-order valence-electron chi connectivity index (χ4n) is 2.46. The number of aryl methyl sites for hydroxylation is 1. The summed E-state index contributed by atoms with van der Waals surface area (Å²) in [5.74, 6) is -1.47. The summed E-state index contributed by atoms with van der Waals surface area (Å²) in [6, 6.07) is 2.50. The molecule has 1 unspecified atom stereocenters. The normalized spacial score (nSPS) is 19.4. The van der Waals surface area contributed by atoms with Crippen molar-refractivity contribution >= 4 is 33.2 Å². The minimum absolute atomic E-state index is 0.0519. The van der Waals surface area contributed by atoms with Gasteiger partial charge in [0, 0.05) is 18.0 Å². The van der Waals surface area contributed by atoms with Gasteiger partial charge >= 0.3 is 5.97 Å².